The summed E-state index contributed by atoms with van der Waals surface area (Å²) in [5.41, 5.74) is 0. The van der Waals surface area contributed by atoms with E-state index in [0.29, 0.717) is 25.6 Å². The number of carbonyl (C=O) groups excluding carboxylic acids is 1. The molecule has 2 N–H and O–H groups in total. The number of ether oxygens (including phenoxy) is 1. The van der Waals surface area contributed by atoms with E-state index in [1.54, 1.807) is 25.9 Å². The predicted octanol–water partition coefficient (Wildman–Crippen LogP) is 0.773. The van der Waals surface area contributed by atoms with Crippen molar-refractivity contribution in [3.8, 4) is 0 Å². The fraction of sp³-hybridized carbons (Fsp3) is 0.833. The molecule has 6 heteroatoms. The molecule has 1 unspecified atom stereocenters. The van der Waals surface area contributed by atoms with Crippen LogP contribution in [0.25, 0.3) is 0 Å². The fourth-order valence-corrected chi connectivity index (χ4v) is 2.13. The minimum absolute atomic E-state index is 0.135. The van der Waals surface area contributed by atoms with E-state index in [4.69, 9.17) is 9.84 Å². The maximum absolute atomic E-state index is 11.9. The summed E-state index contributed by atoms with van der Waals surface area (Å²) < 4.78 is 5.06. The highest BCUT2D eigenvalue weighted by Crippen LogP contribution is 2.16. The molecule has 0 spiro atoms. The number of carboxylic acids is 1. The molecule has 0 bridgehead atoms. The lowest BCUT2D eigenvalue weighted by atomic mass is 10.1. The van der Waals surface area contributed by atoms with Gasteiger partial charge in [-0.05, 0) is 12.3 Å². The molecule has 1 fully saturated rings. The lowest BCUT2D eigenvalue weighted by molar-refractivity contribution is -0.140. The van der Waals surface area contributed by atoms with Gasteiger partial charge in [0.1, 0.15) is 6.04 Å². The van der Waals surface area contributed by atoms with E-state index in [-0.39, 0.29) is 11.9 Å². The van der Waals surface area contributed by atoms with Crippen molar-refractivity contribution in [2.24, 2.45) is 11.8 Å². The third-order valence-electron chi connectivity index (χ3n) is 3.19. The largest absolute Gasteiger partial charge is 0.480 e. The Kier molecular flexibility index (Phi) is 5.40. The van der Waals surface area contributed by atoms with E-state index in [9.17, 15) is 9.59 Å². The van der Waals surface area contributed by atoms with Crippen molar-refractivity contribution < 1.29 is 19.4 Å². The Bertz CT molecular complexity index is 306. The zero-order valence-electron chi connectivity index (χ0n) is 11.2. The van der Waals surface area contributed by atoms with Crippen molar-refractivity contribution in [2.45, 2.75) is 26.3 Å². The molecule has 0 saturated carbocycles. The molecule has 1 aliphatic rings. The van der Waals surface area contributed by atoms with E-state index in [0.717, 1.165) is 6.42 Å². The second kappa shape index (κ2) is 6.58. The van der Waals surface area contributed by atoms with Gasteiger partial charge >= 0.3 is 12.0 Å². The number of urea groups is 1. The average molecular weight is 258 g/mol. The molecule has 104 valence electrons. The second-order valence-electron chi connectivity index (χ2n) is 5.07. The van der Waals surface area contributed by atoms with Crippen molar-refractivity contribution in [3.63, 3.8) is 0 Å². The molecule has 1 heterocycles. The number of amides is 2. The van der Waals surface area contributed by atoms with Crippen LogP contribution in [0.15, 0.2) is 0 Å². The third kappa shape index (κ3) is 3.87. The van der Waals surface area contributed by atoms with E-state index in [1.165, 1.54) is 0 Å². The minimum Gasteiger partial charge on any atom is -0.480 e. The summed E-state index contributed by atoms with van der Waals surface area (Å²) >= 11 is 0. The van der Waals surface area contributed by atoms with Crippen molar-refractivity contribution in [2.75, 3.05) is 26.8 Å². The van der Waals surface area contributed by atoms with Crippen LogP contribution in [0.2, 0.25) is 0 Å². The Morgan fingerprint density at radius 2 is 2.17 bits per heavy atom. The molecule has 6 nitrogen and oxygen atoms in total. The van der Waals surface area contributed by atoms with Crippen LogP contribution in [-0.2, 0) is 9.53 Å². The quantitative estimate of drug-likeness (QED) is 0.763. The van der Waals surface area contributed by atoms with Gasteiger partial charge in [0, 0.05) is 26.1 Å². The highest BCUT2D eigenvalue weighted by atomic mass is 16.5. The highest BCUT2D eigenvalue weighted by molar-refractivity contribution is 5.82. The first-order chi connectivity index (χ1) is 8.45. The molecule has 0 aliphatic carbocycles. The van der Waals surface area contributed by atoms with Gasteiger partial charge in [-0.1, -0.05) is 13.8 Å². The molecule has 0 aromatic carbocycles. The average Bonchev–Trinajstić information content (AvgIpc) is 2.73. The topological polar surface area (TPSA) is 78.9 Å². The first kappa shape index (κ1) is 14.8. The van der Waals surface area contributed by atoms with Crippen molar-refractivity contribution >= 4 is 12.0 Å². The van der Waals surface area contributed by atoms with Gasteiger partial charge in [0.2, 0.25) is 0 Å². The van der Waals surface area contributed by atoms with Crippen molar-refractivity contribution in [1.29, 1.82) is 0 Å². The Hall–Kier alpha value is -1.30. The van der Waals surface area contributed by atoms with Crippen LogP contribution >= 0.6 is 0 Å². The van der Waals surface area contributed by atoms with Gasteiger partial charge in [-0.15, -0.1) is 0 Å². The number of hydrogen-bond donors (Lipinski definition) is 2. The fourth-order valence-electron chi connectivity index (χ4n) is 2.13. The van der Waals surface area contributed by atoms with Crippen LogP contribution in [0.5, 0.6) is 0 Å². The normalized spacial score (nSPS) is 21.1. The van der Waals surface area contributed by atoms with Crippen LogP contribution in [-0.4, -0.2) is 54.9 Å². The predicted molar refractivity (Wildman–Crippen MR) is 66.3 cm³/mol. The first-order valence-electron chi connectivity index (χ1n) is 6.22. The molecule has 2 amide bonds. The molecule has 0 aromatic heterocycles. The Balaban J connectivity index is 2.48. The SMILES string of the molecule is COCC1CCN(C(=O)N[C@H](C(=O)O)C(C)C)C1. The Morgan fingerprint density at radius 3 is 2.67 bits per heavy atom. The van der Waals surface area contributed by atoms with Crippen molar-refractivity contribution in [1.82, 2.24) is 10.2 Å². The third-order valence-corrected chi connectivity index (χ3v) is 3.19. The van der Waals surface area contributed by atoms with Crippen LogP contribution in [0, 0.1) is 11.8 Å². The molecule has 2 atom stereocenters. The van der Waals surface area contributed by atoms with Gasteiger partial charge in [-0.2, -0.15) is 0 Å². The van der Waals surface area contributed by atoms with Gasteiger partial charge in [0.15, 0.2) is 0 Å². The highest BCUT2D eigenvalue weighted by Gasteiger charge is 2.30. The molecular weight excluding hydrogens is 236 g/mol. The first-order valence-corrected chi connectivity index (χ1v) is 6.22. The van der Waals surface area contributed by atoms with Gasteiger partial charge in [-0.3, -0.25) is 0 Å². The summed E-state index contributed by atoms with van der Waals surface area (Å²) in [6, 6.07) is -1.13. The monoisotopic (exact) mass is 258 g/mol. The Labute approximate surface area is 107 Å². The number of nitrogens with one attached hydrogen (secondary N) is 1. The zero-order chi connectivity index (χ0) is 13.7. The van der Waals surface area contributed by atoms with Crippen LogP contribution in [0.4, 0.5) is 4.79 Å². The van der Waals surface area contributed by atoms with E-state index in [1.807, 2.05) is 0 Å². The Morgan fingerprint density at radius 1 is 1.50 bits per heavy atom. The van der Waals surface area contributed by atoms with Gasteiger partial charge in [0.25, 0.3) is 0 Å². The number of carboxylic acid groups (broad SMARTS) is 1. The van der Waals surface area contributed by atoms with Crippen molar-refractivity contribution in [3.05, 3.63) is 0 Å². The maximum atomic E-state index is 11.9. The number of likely N-dealkylation sites (tertiary alicyclic amines) is 1. The standard InChI is InChI=1S/C12H22N2O4/c1-8(2)10(11(15)16)13-12(17)14-5-4-9(6-14)7-18-3/h8-10H,4-7H2,1-3H3,(H,13,17)(H,15,16)/t9?,10-/m0/s1. The molecule has 0 radical (unpaired) electrons. The smallest absolute Gasteiger partial charge is 0.326 e. The lowest BCUT2D eigenvalue weighted by Gasteiger charge is -2.23. The minimum atomic E-state index is -0.994. The molecule has 1 aliphatic heterocycles. The van der Waals surface area contributed by atoms with E-state index in [2.05, 4.69) is 5.32 Å². The molecule has 1 saturated heterocycles. The summed E-state index contributed by atoms with van der Waals surface area (Å²) in [6.45, 7) is 5.47. The summed E-state index contributed by atoms with van der Waals surface area (Å²) in [6.07, 6.45) is 0.903. The second-order valence-corrected chi connectivity index (χ2v) is 5.07. The number of aliphatic carboxylic acids is 1. The molecule has 18 heavy (non-hydrogen) atoms. The summed E-state index contributed by atoms with van der Waals surface area (Å²) in [5.74, 6) is -0.780. The number of rotatable bonds is 5. The number of nitrogens with zero attached hydrogens (tertiary/aromatic N) is 1. The molecular formula is C12H22N2O4. The number of carbonyl (C=O) groups is 2. The zero-order valence-corrected chi connectivity index (χ0v) is 11.2. The molecule has 1 rings (SSSR count). The van der Waals surface area contributed by atoms with Gasteiger partial charge in [-0.25, -0.2) is 9.59 Å². The van der Waals surface area contributed by atoms with Gasteiger partial charge < -0.3 is 20.1 Å². The lowest BCUT2D eigenvalue weighted by Crippen LogP contribution is -2.49. The van der Waals surface area contributed by atoms with E-state index >= 15 is 0 Å². The maximum Gasteiger partial charge on any atom is 0.326 e. The number of hydrogen-bond acceptors (Lipinski definition) is 3. The summed E-state index contributed by atoms with van der Waals surface area (Å²) in [5, 5.41) is 11.6. The number of methoxy groups -OCH3 is 1. The summed E-state index contributed by atoms with van der Waals surface area (Å²) in [7, 11) is 1.64. The molecule has 0 aromatic rings. The van der Waals surface area contributed by atoms with Crippen LogP contribution < -0.4 is 5.32 Å². The van der Waals surface area contributed by atoms with Crippen LogP contribution in [0.1, 0.15) is 20.3 Å². The van der Waals surface area contributed by atoms with Crippen LogP contribution in [0.3, 0.4) is 0 Å². The van der Waals surface area contributed by atoms with Gasteiger partial charge in [0.05, 0.1) is 6.61 Å². The summed E-state index contributed by atoms with van der Waals surface area (Å²) in [4.78, 5) is 24.6. The van der Waals surface area contributed by atoms with E-state index < -0.39 is 12.0 Å².